The van der Waals surface area contributed by atoms with Gasteiger partial charge in [0.25, 0.3) is 17.7 Å². The number of hydrogen-bond acceptors (Lipinski definition) is 7. The first-order chi connectivity index (χ1) is 20.0. The molecule has 1 saturated carbocycles. The van der Waals surface area contributed by atoms with E-state index in [4.69, 9.17) is 15.8 Å². The molecular formula is C31H25ClN2O7S. The first-order valence-electron chi connectivity index (χ1n) is 13.3. The quantitative estimate of drug-likeness (QED) is 0.161. The lowest BCUT2D eigenvalue weighted by molar-refractivity contribution is -0.154. The molecule has 42 heavy (non-hydrogen) atoms. The number of nitrogens with zero attached hydrogens (tertiary/aromatic N) is 2. The van der Waals surface area contributed by atoms with Gasteiger partial charge in [-0.05, 0) is 73.7 Å². The molecule has 0 N–H and O–H groups in total. The summed E-state index contributed by atoms with van der Waals surface area (Å²) in [6, 6.07) is 17.7. The van der Waals surface area contributed by atoms with Crippen molar-refractivity contribution in [2.45, 2.75) is 18.2 Å². The van der Waals surface area contributed by atoms with Crippen LogP contribution in [0.3, 0.4) is 0 Å². The van der Waals surface area contributed by atoms with E-state index < -0.39 is 52.0 Å². The Balaban J connectivity index is 1.25. The second-order valence-electron chi connectivity index (χ2n) is 10.6. The minimum atomic E-state index is -4.10. The highest BCUT2D eigenvalue weighted by molar-refractivity contribution is 7.87. The normalized spacial score (nSPS) is 22.4. The Morgan fingerprint density at radius 1 is 0.905 bits per heavy atom. The van der Waals surface area contributed by atoms with Crippen molar-refractivity contribution in [3.05, 3.63) is 107 Å². The number of allylic oxidation sites excluding steroid dienone is 2. The van der Waals surface area contributed by atoms with E-state index in [0.29, 0.717) is 6.42 Å². The van der Waals surface area contributed by atoms with Gasteiger partial charge in [0.1, 0.15) is 17.2 Å². The van der Waals surface area contributed by atoms with E-state index in [2.05, 4.69) is 0 Å². The Bertz CT molecular complexity index is 1720. The van der Waals surface area contributed by atoms with E-state index in [1.807, 2.05) is 19.1 Å². The molecule has 0 radical (unpaired) electrons. The van der Waals surface area contributed by atoms with Crippen LogP contribution in [0.4, 0.5) is 0 Å². The molecule has 1 heterocycles. The average molecular weight is 605 g/mol. The van der Waals surface area contributed by atoms with Gasteiger partial charge in [-0.3, -0.25) is 19.2 Å². The molecule has 6 rings (SSSR count). The fourth-order valence-corrected chi connectivity index (χ4v) is 7.08. The second-order valence-corrected chi connectivity index (χ2v) is 12.6. The van der Waals surface area contributed by atoms with Crippen LogP contribution in [0, 0.1) is 30.6 Å². The predicted octanol–water partition coefficient (Wildman–Crippen LogP) is 4.46. The van der Waals surface area contributed by atoms with Crippen molar-refractivity contribution in [1.82, 2.24) is 10.0 Å². The first kappa shape index (κ1) is 27.9. The molecule has 3 aromatic rings. The number of benzene rings is 3. The van der Waals surface area contributed by atoms with Crippen molar-refractivity contribution in [2.24, 2.45) is 23.7 Å². The van der Waals surface area contributed by atoms with E-state index in [-0.39, 0.29) is 38.6 Å². The number of ketones is 1. The number of imide groups is 1. The molecule has 2 aliphatic carbocycles. The number of rotatable bonds is 8. The summed E-state index contributed by atoms with van der Waals surface area (Å²) in [6.45, 7) is 1.21. The maximum atomic E-state index is 13.7. The van der Waals surface area contributed by atoms with Crippen LogP contribution >= 0.6 is 11.6 Å². The largest absolute Gasteiger partial charge is 0.379 e. The van der Waals surface area contributed by atoms with Crippen molar-refractivity contribution in [1.29, 1.82) is 0 Å². The number of fused-ring (bicyclic) bond motifs is 5. The highest BCUT2D eigenvalue weighted by Gasteiger charge is 2.61. The minimum absolute atomic E-state index is 0.0168. The number of halogens is 1. The molecule has 1 saturated heterocycles. The van der Waals surface area contributed by atoms with Gasteiger partial charge >= 0.3 is 10.1 Å². The lowest BCUT2D eigenvalue weighted by Gasteiger charge is -2.31. The number of aryl methyl sites for hydroxylation is 1. The molecule has 3 aromatic carbocycles. The fraction of sp³-hybridized carbons (Fsp3) is 0.226. The molecule has 9 nitrogen and oxygen atoms in total. The molecule has 0 aromatic heterocycles. The van der Waals surface area contributed by atoms with Crippen molar-refractivity contribution < 1.29 is 31.8 Å². The third kappa shape index (κ3) is 4.80. The maximum absolute atomic E-state index is 13.7. The van der Waals surface area contributed by atoms with E-state index in [1.54, 1.807) is 24.3 Å². The standard InChI is InChI=1S/C31H25ClN2O7S/c1-18-6-14-23(15-7-18)42(39,40)41-22-12-10-19(11-13-22)26(35)17-33(29(36)24-4-2-3-5-25(24)32)34-30(37)27-20-8-9-21(16-20)28(27)31(34)38/h2-15,20-21,27-28H,16-17H2,1H3/t20-,21-,27-,28-/m0/s1. The minimum Gasteiger partial charge on any atom is -0.379 e. The van der Waals surface area contributed by atoms with Gasteiger partial charge in [-0.25, -0.2) is 5.01 Å². The van der Waals surface area contributed by atoms with Gasteiger partial charge in [-0.15, -0.1) is 0 Å². The van der Waals surface area contributed by atoms with Crippen LogP contribution in [0.5, 0.6) is 5.75 Å². The highest BCUT2D eigenvalue weighted by atomic mass is 35.5. The highest BCUT2D eigenvalue weighted by Crippen LogP contribution is 2.52. The van der Waals surface area contributed by atoms with E-state index in [9.17, 15) is 27.6 Å². The molecule has 4 atom stereocenters. The number of amides is 3. The third-order valence-corrected chi connectivity index (χ3v) is 9.60. The SMILES string of the molecule is Cc1ccc(S(=O)(=O)Oc2ccc(C(=O)CN(C(=O)c3ccccc3Cl)N3C(=O)[C@@H]4[C@@H](C3=O)[C@H]3C=C[C@H]4C3)cc2)cc1. The predicted molar refractivity (Wildman–Crippen MR) is 152 cm³/mol. The summed E-state index contributed by atoms with van der Waals surface area (Å²) in [5, 5.41) is 1.80. The van der Waals surface area contributed by atoms with Crippen LogP contribution in [0.25, 0.3) is 0 Å². The van der Waals surface area contributed by atoms with Crippen molar-refractivity contribution in [2.75, 3.05) is 6.54 Å². The van der Waals surface area contributed by atoms with E-state index >= 15 is 0 Å². The first-order valence-corrected chi connectivity index (χ1v) is 15.1. The molecular weight excluding hydrogens is 580 g/mol. The van der Waals surface area contributed by atoms with Gasteiger partial charge in [0.15, 0.2) is 5.78 Å². The average Bonchev–Trinajstić information content (AvgIpc) is 3.66. The van der Waals surface area contributed by atoms with Crippen LogP contribution in [-0.2, 0) is 19.7 Å². The van der Waals surface area contributed by atoms with Gasteiger partial charge < -0.3 is 4.18 Å². The molecule has 11 heteroatoms. The molecule has 3 aliphatic rings. The summed E-state index contributed by atoms with van der Waals surface area (Å²) in [5.41, 5.74) is 1.05. The molecule has 2 bridgehead atoms. The van der Waals surface area contributed by atoms with Gasteiger partial charge in [-0.1, -0.05) is 53.6 Å². The fourth-order valence-electron chi connectivity index (χ4n) is 5.93. The third-order valence-electron chi connectivity index (χ3n) is 8.01. The molecule has 214 valence electrons. The Hall–Kier alpha value is -4.28. The number of hydrogen-bond donors (Lipinski definition) is 0. The number of carbonyl (C=O) groups is 4. The lowest BCUT2D eigenvalue weighted by atomic mass is 9.85. The topological polar surface area (TPSA) is 118 Å². The van der Waals surface area contributed by atoms with E-state index in [1.165, 1.54) is 48.5 Å². The number of hydrazine groups is 1. The second kappa shape index (κ2) is 10.5. The molecule has 0 spiro atoms. The maximum Gasteiger partial charge on any atom is 0.339 e. The molecule has 1 aliphatic heterocycles. The zero-order chi connectivity index (χ0) is 29.8. The monoisotopic (exact) mass is 604 g/mol. The Kier molecular flexibility index (Phi) is 6.98. The van der Waals surface area contributed by atoms with E-state index in [0.717, 1.165) is 15.6 Å². The van der Waals surface area contributed by atoms with Crippen molar-refractivity contribution in [3.63, 3.8) is 0 Å². The van der Waals surface area contributed by atoms with Gasteiger partial charge in [0, 0.05) is 5.56 Å². The van der Waals surface area contributed by atoms with Crippen molar-refractivity contribution in [3.8, 4) is 5.75 Å². The summed E-state index contributed by atoms with van der Waals surface area (Å²) >= 11 is 6.28. The zero-order valence-electron chi connectivity index (χ0n) is 22.3. The van der Waals surface area contributed by atoms with Gasteiger partial charge in [0.05, 0.1) is 22.4 Å². The smallest absolute Gasteiger partial charge is 0.339 e. The van der Waals surface area contributed by atoms with Gasteiger partial charge in [-0.2, -0.15) is 13.4 Å². The van der Waals surface area contributed by atoms with Crippen molar-refractivity contribution >= 4 is 45.2 Å². The van der Waals surface area contributed by atoms with Crippen LogP contribution in [0.2, 0.25) is 5.02 Å². The summed E-state index contributed by atoms with van der Waals surface area (Å²) in [6.07, 6.45) is 4.59. The van der Waals surface area contributed by atoms with Gasteiger partial charge in [0.2, 0.25) is 0 Å². The Labute approximate surface area is 247 Å². The Morgan fingerprint density at radius 3 is 2.10 bits per heavy atom. The Morgan fingerprint density at radius 2 is 1.50 bits per heavy atom. The molecule has 3 amide bonds. The van der Waals surface area contributed by atoms with Crippen LogP contribution in [0.15, 0.2) is 89.8 Å². The van der Waals surface area contributed by atoms with Crippen LogP contribution < -0.4 is 4.18 Å². The van der Waals surface area contributed by atoms with Crippen LogP contribution in [0.1, 0.15) is 32.7 Å². The zero-order valence-corrected chi connectivity index (χ0v) is 23.9. The number of carbonyl (C=O) groups excluding carboxylic acids is 4. The summed E-state index contributed by atoms with van der Waals surface area (Å²) < 4.78 is 30.5. The number of Topliss-reactive ketones (excluding diaryl/α,β-unsaturated/α-hetero) is 1. The lowest BCUT2D eigenvalue weighted by Crippen LogP contribution is -2.52. The summed E-state index contributed by atoms with van der Waals surface area (Å²) in [4.78, 5) is 54.2. The molecule has 0 unspecified atom stereocenters. The summed E-state index contributed by atoms with van der Waals surface area (Å²) in [5.74, 6) is -3.71. The molecule has 2 fully saturated rings. The van der Waals surface area contributed by atoms with Crippen LogP contribution in [-0.4, -0.2) is 48.5 Å². The summed E-state index contributed by atoms with van der Waals surface area (Å²) in [7, 11) is -4.10.